The first kappa shape index (κ1) is 14.4. The lowest BCUT2D eigenvalue weighted by molar-refractivity contribution is -0.121. The van der Waals surface area contributed by atoms with Crippen LogP contribution in [0.5, 0.6) is 6.01 Å². The lowest BCUT2D eigenvalue weighted by Gasteiger charge is -2.07. The van der Waals surface area contributed by atoms with E-state index in [1.54, 1.807) is 19.3 Å². The van der Waals surface area contributed by atoms with Gasteiger partial charge >= 0.3 is 6.01 Å². The molecule has 0 radical (unpaired) electrons. The molecule has 100 valence electrons. The summed E-state index contributed by atoms with van der Waals surface area (Å²) < 4.78 is 5.12. The maximum atomic E-state index is 11.4. The fourth-order valence-corrected chi connectivity index (χ4v) is 1.28. The van der Waals surface area contributed by atoms with E-state index in [4.69, 9.17) is 9.84 Å². The number of aliphatic hydroxyl groups excluding tert-OH is 1. The van der Waals surface area contributed by atoms with Crippen LogP contribution in [0.2, 0.25) is 0 Å². The van der Waals surface area contributed by atoms with Gasteiger partial charge in [0, 0.05) is 25.4 Å². The molecule has 0 spiro atoms. The molecule has 0 bridgehead atoms. The second kappa shape index (κ2) is 7.60. The van der Waals surface area contributed by atoms with Crippen molar-refractivity contribution in [2.24, 2.45) is 0 Å². The van der Waals surface area contributed by atoms with Crippen LogP contribution in [-0.2, 0) is 11.2 Å². The van der Waals surface area contributed by atoms with Gasteiger partial charge in [-0.1, -0.05) is 0 Å². The van der Waals surface area contributed by atoms with Gasteiger partial charge in [0.2, 0.25) is 5.91 Å². The molecule has 1 unspecified atom stereocenters. The largest absolute Gasteiger partial charge is 0.464 e. The minimum atomic E-state index is -0.525. The van der Waals surface area contributed by atoms with Crippen LogP contribution in [0, 0.1) is 0 Å². The zero-order valence-electron chi connectivity index (χ0n) is 10.7. The second-order valence-electron chi connectivity index (χ2n) is 3.96. The summed E-state index contributed by atoms with van der Waals surface area (Å²) in [6.45, 7) is 4.30. The molecular weight excluding hydrogens is 234 g/mol. The molecule has 1 amide bonds. The minimum Gasteiger partial charge on any atom is -0.464 e. The Morgan fingerprint density at radius 3 is 2.72 bits per heavy atom. The molecule has 1 atom stereocenters. The lowest BCUT2D eigenvalue weighted by Crippen LogP contribution is -2.30. The molecule has 2 N–H and O–H groups in total. The number of rotatable bonds is 7. The summed E-state index contributed by atoms with van der Waals surface area (Å²) >= 11 is 0. The number of amides is 1. The molecule has 18 heavy (non-hydrogen) atoms. The number of hydrogen-bond donors (Lipinski definition) is 2. The van der Waals surface area contributed by atoms with E-state index in [0.29, 0.717) is 25.5 Å². The van der Waals surface area contributed by atoms with Crippen molar-refractivity contribution in [3.63, 3.8) is 0 Å². The van der Waals surface area contributed by atoms with Crippen molar-refractivity contribution in [2.45, 2.75) is 32.8 Å². The number of aliphatic hydroxyl groups is 1. The zero-order chi connectivity index (χ0) is 13.4. The van der Waals surface area contributed by atoms with E-state index in [1.165, 1.54) is 0 Å². The lowest BCUT2D eigenvalue weighted by atomic mass is 10.2. The molecule has 1 aromatic rings. The highest BCUT2D eigenvalue weighted by molar-refractivity contribution is 5.76. The third-order valence-electron chi connectivity index (χ3n) is 2.19. The highest BCUT2D eigenvalue weighted by Crippen LogP contribution is 2.04. The van der Waals surface area contributed by atoms with Gasteiger partial charge in [-0.2, -0.15) is 0 Å². The topological polar surface area (TPSA) is 84.3 Å². The van der Waals surface area contributed by atoms with Crippen LogP contribution in [0.15, 0.2) is 12.4 Å². The quantitative estimate of drug-likeness (QED) is 0.730. The molecule has 0 aromatic carbocycles. The highest BCUT2D eigenvalue weighted by atomic mass is 16.5. The SMILES string of the molecule is CCOc1ncc(CCC(=O)NCC(C)O)cn1. The van der Waals surface area contributed by atoms with E-state index in [0.717, 1.165) is 5.56 Å². The zero-order valence-corrected chi connectivity index (χ0v) is 10.7. The first-order valence-corrected chi connectivity index (χ1v) is 6.00. The minimum absolute atomic E-state index is 0.0928. The third-order valence-corrected chi connectivity index (χ3v) is 2.19. The van der Waals surface area contributed by atoms with E-state index in [1.807, 2.05) is 6.92 Å². The second-order valence-corrected chi connectivity index (χ2v) is 3.96. The van der Waals surface area contributed by atoms with Crippen LogP contribution in [0.3, 0.4) is 0 Å². The number of carbonyl (C=O) groups excluding carboxylic acids is 1. The molecular formula is C12H19N3O3. The number of nitrogens with zero attached hydrogens (tertiary/aromatic N) is 2. The molecule has 0 saturated carbocycles. The number of aryl methyl sites for hydroxylation is 1. The van der Waals surface area contributed by atoms with E-state index < -0.39 is 6.10 Å². The molecule has 0 saturated heterocycles. The van der Waals surface area contributed by atoms with Gasteiger partial charge in [-0.3, -0.25) is 4.79 Å². The molecule has 6 heteroatoms. The Morgan fingerprint density at radius 2 is 2.17 bits per heavy atom. The molecule has 0 aliphatic heterocycles. The molecule has 1 aromatic heterocycles. The van der Waals surface area contributed by atoms with Crippen LogP contribution in [-0.4, -0.2) is 40.2 Å². The number of aromatic nitrogens is 2. The Labute approximate surface area is 106 Å². The normalized spacial score (nSPS) is 11.9. The van der Waals surface area contributed by atoms with Crippen LogP contribution in [0.1, 0.15) is 25.8 Å². The number of ether oxygens (including phenoxy) is 1. The summed E-state index contributed by atoms with van der Waals surface area (Å²) in [4.78, 5) is 19.4. The summed E-state index contributed by atoms with van der Waals surface area (Å²) in [5.41, 5.74) is 0.880. The number of carbonyl (C=O) groups is 1. The fourth-order valence-electron chi connectivity index (χ4n) is 1.28. The summed E-state index contributed by atoms with van der Waals surface area (Å²) in [6, 6.07) is 0.347. The first-order chi connectivity index (χ1) is 8.61. The van der Waals surface area contributed by atoms with Gasteiger partial charge in [-0.25, -0.2) is 9.97 Å². The van der Waals surface area contributed by atoms with Crippen LogP contribution >= 0.6 is 0 Å². The van der Waals surface area contributed by atoms with Crippen molar-refractivity contribution in [1.82, 2.24) is 15.3 Å². The van der Waals surface area contributed by atoms with Crippen LogP contribution in [0.25, 0.3) is 0 Å². The van der Waals surface area contributed by atoms with Crippen molar-refractivity contribution in [2.75, 3.05) is 13.2 Å². The Balaban J connectivity index is 2.32. The summed E-state index contributed by atoms with van der Waals surface area (Å²) in [6.07, 6.45) is 3.70. The Hall–Kier alpha value is -1.69. The third kappa shape index (κ3) is 5.58. The Bertz CT molecular complexity index is 365. The molecule has 0 fully saturated rings. The maximum Gasteiger partial charge on any atom is 0.316 e. The highest BCUT2D eigenvalue weighted by Gasteiger charge is 2.04. The monoisotopic (exact) mass is 253 g/mol. The molecule has 1 rings (SSSR count). The van der Waals surface area contributed by atoms with Gasteiger partial charge in [0.1, 0.15) is 0 Å². The van der Waals surface area contributed by atoms with Crippen LogP contribution < -0.4 is 10.1 Å². The van der Waals surface area contributed by atoms with E-state index in [-0.39, 0.29) is 12.5 Å². The van der Waals surface area contributed by atoms with Crippen molar-refractivity contribution in [3.05, 3.63) is 18.0 Å². The molecule has 6 nitrogen and oxygen atoms in total. The van der Waals surface area contributed by atoms with Crippen molar-refractivity contribution in [3.8, 4) is 6.01 Å². The average Bonchev–Trinajstić information content (AvgIpc) is 2.36. The van der Waals surface area contributed by atoms with Crippen molar-refractivity contribution >= 4 is 5.91 Å². The average molecular weight is 253 g/mol. The smallest absolute Gasteiger partial charge is 0.316 e. The van der Waals surface area contributed by atoms with Gasteiger partial charge < -0.3 is 15.2 Å². The van der Waals surface area contributed by atoms with Crippen molar-refractivity contribution in [1.29, 1.82) is 0 Å². The Kier molecular flexibility index (Phi) is 6.07. The fraction of sp³-hybridized carbons (Fsp3) is 0.583. The Morgan fingerprint density at radius 1 is 1.50 bits per heavy atom. The van der Waals surface area contributed by atoms with Crippen molar-refractivity contribution < 1.29 is 14.6 Å². The molecule has 1 heterocycles. The van der Waals surface area contributed by atoms with Gasteiger partial charge in [0.15, 0.2) is 0 Å². The summed E-state index contributed by atoms with van der Waals surface area (Å²) in [5.74, 6) is -0.0928. The molecule has 0 aliphatic carbocycles. The van der Waals surface area contributed by atoms with E-state index in [9.17, 15) is 4.79 Å². The first-order valence-electron chi connectivity index (χ1n) is 6.00. The van der Waals surface area contributed by atoms with Gasteiger partial charge in [0.25, 0.3) is 0 Å². The van der Waals surface area contributed by atoms with E-state index in [2.05, 4.69) is 15.3 Å². The number of hydrogen-bond acceptors (Lipinski definition) is 5. The van der Waals surface area contributed by atoms with Crippen LogP contribution in [0.4, 0.5) is 0 Å². The van der Waals surface area contributed by atoms with Gasteiger partial charge in [0.05, 0.1) is 12.7 Å². The summed E-state index contributed by atoms with van der Waals surface area (Å²) in [5, 5.41) is 11.6. The van der Waals surface area contributed by atoms with Gasteiger partial charge in [-0.05, 0) is 25.8 Å². The standard InChI is InChI=1S/C12H19N3O3/c1-3-18-12-14-7-10(8-15-12)4-5-11(17)13-6-9(2)16/h7-9,16H,3-6H2,1-2H3,(H,13,17). The maximum absolute atomic E-state index is 11.4. The van der Waals surface area contributed by atoms with E-state index >= 15 is 0 Å². The molecule has 0 aliphatic rings. The summed E-state index contributed by atoms with van der Waals surface area (Å²) in [7, 11) is 0. The predicted molar refractivity (Wildman–Crippen MR) is 66.2 cm³/mol. The van der Waals surface area contributed by atoms with Gasteiger partial charge in [-0.15, -0.1) is 0 Å². The number of nitrogens with one attached hydrogen (secondary N) is 1. The predicted octanol–water partition coefficient (Wildman–Crippen LogP) is 0.305.